The largest absolute Gasteiger partial charge is 0.494 e. The standard InChI is InChI=1S/C20H26O.C11H20F2O2/c1-2-3-4-5-6-10-17-21-20-15-13-19(14-16-20)18-11-8-7-9-12-18;12-9-7-5-3-1-2-4-6-8-10(13)11(14)15/h7-9,11-16H,2-6,10,17H2,1H3;10H,1-9H2,(H,14,15). The van der Waals surface area contributed by atoms with Crippen LogP contribution in [0.4, 0.5) is 8.78 Å². The molecule has 36 heavy (non-hydrogen) atoms. The third kappa shape index (κ3) is 16.3. The number of ether oxygens (including phenoxy) is 1. The Balaban J connectivity index is 0.000000384. The average molecular weight is 505 g/mol. The molecule has 2 rings (SSSR count). The first-order valence-electron chi connectivity index (χ1n) is 13.8. The van der Waals surface area contributed by atoms with Crippen LogP contribution >= 0.6 is 0 Å². The monoisotopic (exact) mass is 504 g/mol. The smallest absolute Gasteiger partial charge is 0.338 e. The number of alkyl halides is 2. The molecule has 202 valence electrons. The Morgan fingerprint density at radius 3 is 1.86 bits per heavy atom. The Morgan fingerprint density at radius 1 is 0.750 bits per heavy atom. The van der Waals surface area contributed by atoms with E-state index in [9.17, 15) is 13.6 Å². The molecular formula is C31H46F2O3. The number of unbranched alkanes of at least 4 members (excludes halogenated alkanes) is 11. The highest BCUT2D eigenvalue weighted by molar-refractivity contribution is 5.71. The van der Waals surface area contributed by atoms with E-state index in [0.29, 0.717) is 12.8 Å². The summed E-state index contributed by atoms with van der Waals surface area (Å²) in [6, 6.07) is 18.8. The molecule has 0 aliphatic carbocycles. The van der Waals surface area contributed by atoms with Gasteiger partial charge >= 0.3 is 5.97 Å². The lowest BCUT2D eigenvalue weighted by Crippen LogP contribution is -2.13. The lowest BCUT2D eigenvalue weighted by Gasteiger charge is -2.07. The van der Waals surface area contributed by atoms with Crippen molar-refractivity contribution in [2.75, 3.05) is 13.3 Å². The quantitative estimate of drug-likeness (QED) is 0.194. The molecule has 0 amide bonds. The summed E-state index contributed by atoms with van der Waals surface area (Å²) in [4.78, 5) is 10.1. The number of halogens is 2. The summed E-state index contributed by atoms with van der Waals surface area (Å²) in [7, 11) is 0. The van der Waals surface area contributed by atoms with Crippen LogP contribution in [0, 0.1) is 0 Å². The molecule has 0 aliphatic heterocycles. The van der Waals surface area contributed by atoms with Gasteiger partial charge in [0.15, 0.2) is 6.17 Å². The van der Waals surface area contributed by atoms with E-state index in [0.717, 1.165) is 50.9 Å². The molecule has 0 heterocycles. The van der Waals surface area contributed by atoms with E-state index in [2.05, 4.69) is 55.5 Å². The summed E-state index contributed by atoms with van der Waals surface area (Å²) < 4.78 is 30.1. The van der Waals surface area contributed by atoms with E-state index >= 15 is 0 Å². The van der Waals surface area contributed by atoms with E-state index < -0.39 is 12.1 Å². The van der Waals surface area contributed by atoms with Crippen molar-refractivity contribution in [2.45, 2.75) is 103 Å². The number of carboxylic acid groups (broad SMARTS) is 1. The first-order valence-corrected chi connectivity index (χ1v) is 13.8. The summed E-state index contributed by atoms with van der Waals surface area (Å²) >= 11 is 0. The highest BCUT2D eigenvalue weighted by atomic mass is 19.1. The Kier molecular flexibility index (Phi) is 19.2. The molecule has 3 nitrogen and oxygen atoms in total. The zero-order chi connectivity index (χ0) is 26.3. The van der Waals surface area contributed by atoms with Gasteiger partial charge in [-0.25, -0.2) is 9.18 Å². The summed E-state index contributed by atoms with van der Waals surface area (Å²) in [6.45, 7) is 2.83. The van der Waals surface area contributed by atoms with Gasteiger partial charge in [0.25, 0.3) is 0 Å². The van der Waals surface area contributed by atoms with Crippen molar-refractivity contribution < 1.29 is 23.4 Å². The van der Waals surface area contributed by atoms with Crippen LogP contribution in [-0.2, 0) is 4.79 Å². The van der Waals surface area contributed by atoms with Crippen molar-refractivity contribution >= 4 is 5.97 Å². The minimum absolute atomic E-state index is 0.111. The highest BCUT2D eigenvalue weighted by Gasteiger charge is 2.13. The van der Waals surface area contributed by atoms with Crippen LogP contribution in [0.1, 0.15) is 96.8 Å². The van der Waals surface area contributed by atoms with Crippen LogP contribution in [0.5, 0.6) is 5.75 Å². The molecule has 1 N–H and O–H groups in total. The van der Waals surface area contributed by atoms with Crippen molar-refractivity contribution in [3.63, 3.8) is 0 Å². The molecule has 2 aromatic carbocycles. The van der Waals surface area contributed by atoms with Crippen LogP contribution in [0.3, 0.4) is 0 Å². The van der Waals surface area contributed by atoms with Crippen molar-refractivity contribution in [3.8, 4) is 16.9 Å². The van der Waals surface area contributed by atoms with E-state index in [4.69, 9.17) is 9.84 Å². The SMILES string of the molecule is CCCCCCCCOc1ccc(-c2ccccc2)cc1.O=C(O)C(F)CCCCCCCCCF. The topological polar surface area (TPSA) is 46.5 Å². The summed E-state index contributed by atoms with van der Waals surface area (Å²) in [5.41, 5.74) is 2.49. The molecule has 0 radical (unpaired) electrons. The van der Waals surface area contributed by atoms with E-state index in [1.54, 1.807) is 0 Å². The van der Waals surface area contributed by atoms with Crippen LogP contribution in [0.15, 0.2) is 54.6 Å². The number of carbonyl (C=O) groups is 1. The molecule has 0 saturated carbocycles. The van der Waals surface area contributed by atoms with Gasteiger partial charge in [-0.2, -0.15) is 0 Å². The molecule has 1 atom stereocenters. The van der Waals surface area contributed by atoms with Crippen molar-refractivity contribution in [2.24, 2.45) is 0 Å². The van der Waals surface area contributed by atoms with Crippen LogP contribution in [-0.4, -0.2) is 30.5 Å². The molecule has 0 saturated heterocycles. The number of rotatable bonds is 19. The van der Waals surface area contributed by atoms with Gasteiger partial charge in [0.1, 0.15) is 5.75 Å². The van der Waals surface area contributed by atoms with Gasteiger partial charge in [0.05, 0.1) is 13.3 Å². The number of benzene rings is 2. The highest BCUT2D eigenvalue weighted by Crippen LogP contribution is 2.22. The Bertz CT molecular complexity index is 765. The molecule has 0 aliphatic rings. The van der Waals surface area contributed by atoms with E-state index in [1.165, 1.54) is 43.2 Å². The van der Waals surface area contributed by atoms with Gasteiger partial charge < -0.3 is 9.84 Å². The number of hydrogen-bond donors (Lipinski definition) is 1. The Hall–Kier alpha value is -2.43. The lowest BCUT2D eigenvalue weighted by molar-refractivity contribution is -0.143. The molecule has 0 bridgehead atoms. The normalized spacial score (nSPS) is 11.4. The average Bonchev–Trinajstić information content (AvgIpc) is 2.90. The fraction of sp³-hybridized carbons (Fsp3) is 0.581. The predicted molar refractivity (Wildman–Crippen MR) is 146 cm³/mol. The van der Waals surface area contributed by atoms with Crippen LogP contribution in [0.25, 0.3) is 11.1 Å². The van der Waals surface area contributed by atoms with Gasteiger partial charge in [-0.05, 0) is 48.9 Å². The molecule has 0 aromatic heterocycles. The molecule has 0 spiro atoms. The van der Waals surface area contributed by atoms with E-state index in [1.807, 2.05) is 6.07 Å². The number of carboxylic acids is 1. The molecule has 0 fully saturated rings. The van der Waals surface area contributed by atoms with E-state index in [-0.39, 0.29) is 13.1 Å². The first kappa shape index (κ1) is 31.6. The zero-order valence-corrected chi connectivity index (χ0v) is 22.1. The number of hydrogen-bond acceptors (Lipinski definition) is 2. The minimum atomic E-state index is -1.71. The molecule has 1 unspecified atom stereocenters. The summed E-state index contributed by atoms with van der Waals surface area (Å²) in [6.07, 6.45) is 12.3. The van der Waals surface area contributed by atoms with Crippen molar-refractivity contribution in [1.82, 2.24) is 0 Å². The summed E-state index contributed by atoms with van der Waals surface area (Å²) in [5, 5.41) is 8.27. The number of aliphatic carboxylic acids is 1. The van der Waals surface area contributed by atoms with Gasteiger partial charge in [0.2, 0.25) is 0 Å². The third-order valence-corrected chi connectivity index (χ3v) is 6.09. The maximum Gasteiger partial charge on any atom is 0.338 e. The van der Waals surface area contributed by atoms with Gasteiger partial charge in [-0.1, -0.05) is 114 Å². The molecule has 5 heteroatoms. The minimum Gasteiger partial charge on any atom is -0.494 e. The van der Waals surface area contributed by atoms with Crippen molar-refractivity contribution in [3.05, 3.63) is 54.6 Å². The van der Waals surface area contributed by atoms with Crippen LogP contribution in [0.2, 0.25) is 0 Å². The van der Waals surface area contributed by atoms with Gasteiger partial charge in [-0.15, -0.1) is 0 Å². The third-order valence-electron chi connectivity index (χ3n) is 6.09. The maximum absolute atomic E-state index is 12.6. The predicted octanol–water partition coefficient (Wildman–Crippen LogP) is 9.59. The molecule has 2 aromatic rings. The summed E-state index contributed by atoms with van der Waals surface area (Å²) in [5.74, 6) is -0.388. The fourth-order valence-electron chi connectivity index (χ4n) is 3.87. The first-order chi connectivity index (χ1) is 17.6. The Labute approximate surface area is 217 Å². The fourth-order valence-corrected chi connectivity index (χ4v) is 3.87. The zero-order valence-electron chi connectivity index (χ0n) is 22.1. The second kappa shape index (κ2) is 21.8. The lowest BCUT2D eigenvalue weighted by atomic mass is 10.1. The maximum atomic E-state index is 12.6. The van der Waals surface area contributed by atoms with Gasteiger partial charge in [-0.3, -0.25) is 4.39 Å². The van der Waals surface area contributed by atoms with Crippen molar-refractivity contribution in [1.29, 1.82) is 0 Å². The van der Waals surface area contributed by atoms with Gasteiger partial charge in [0, 0.05) is 0 Å². The molecular weight excluding hydrogens is 458 g/mol. The second-order valence-electron chi connectivity index (χ2n) is 9.26. The van der Waals surface area contributed by atoms with Crippen LogP contribution < -0.4 is 4.74 Å². The second-order valence-corrected chi connectivity index (χ2v) is 9.26. The Morgan fingerprint density at radius 2 is 1.28 bits per heavy atom.